The van der Waals surface area contributed by atoms with Crippen molar-refractivity contribution in [1.82, 2.24) is 20.3 Å². The maximum atomic E-state index is 14.2. The van der Waals surface area contributed by atoms with Crippen molar-refractivity contribution >= 4 is 34.4 Å². The fourth-order valence-corrected chi connectivity index (χ4v) is 6.31. The molecule has 1 saturated heterocycles. The summed E-state index contributed by atoms with van der Waals surface area (Å²) < 4.78 is 25.5. The van der Waals surface area contributed by atoms with E-state index in [1.807, 2.05) is 30.3 Å². The van der Waals surface area contributed by atoms with Gasteiger partial charge in [0.15, 0.2) is 5.50 Å². The smallest absolute Gasteiger partial charge is 0.308 e. The monoisotopic (exact) mass is 621 g/mol. The van der Waals surface area contributed by atoms with Crippen molar-refractivity contribution in [2.24, 2.45) is 0 Å². The third-order valence-corrected chi connectivity index (χ3v) is 8.37. The van der Waals surface area contributed by atoms with Crippen LogP contribution in [0.5, 0.6) is 5.75 Å². The Morgan fingerprint density at radius 1 is 1.09 bits per heavy atom. The number of nitrogens with one attached hydrogen (secondary N) is 1. The van der Waals surface area contributed by atoms with Gasteiger partial charge in [0, 0.05) is 36.7 Å². The van der Waals surface area contributed by atoms with Gasteiger partial charge in [-0.2, -0.15) is 0 Å². The predicted octanol–water partition coefficient (Wildman–Crippen LogP) is 3.49. The van der Waals surface area contributed by atoms with Crippen LogP contribution in [0.15, 0.2) is 59.6 Å². The number of hydrogen-bond acceptors (Lipinski definition) is 11. The van der Waals surface area contributed by atoms with Crippen LogP contribution < -0.4 is 15.0 Å². The van der Waals surface area contributed by atoms with Crippen molar-refractivity contribution in [3.05, 3.63) is 71.5 Å². The van der Waals surface area contributed by atoms with Crippen molar-refractivity contribution < 1.29 is 34.0 Å². The first-order chi connectivity index (χ1) is 21.0. The molecule has 6 rings (SSSR count). The fourth-order valence-electron chi connectivity index (χ4n) is 5.35. The number of halogens is 1. The lowest BCUT2D eigenvalue weighted by Crippen LogP contribution is -2.45. The number of nitrogens with zero attached hydrogens (tertiary/aromatic N) is 4. The molecule has 5 heterocycles. The highest BCUT2D eigenvalue weighted by molar-refractivity contribution is 7.99. The number of carbonyl (C=O) groups is 1. The van der Waals surface area contributed by atoms with E-state index in [0.717, 1.165) is 47.8 Å². The summed E-state index contributed by atoms with van der Waals surface area (Å²) in [6.45, 7) is 5.62. The lowest BCUT2D eigenvalue weighted by atomic mass is 10.1. The molecule has 1 aromatic carbocycles. The minimum Gasteiger partial charge on any atom is -0.492 e. The Labute approximate surface area is 257 Å². The van der Waals surface area contributed by atoms with Gasteiger partial charge in [0.2, 0.25) is 0 Å². The van der Waals surface area contributed by atoms with Gasteiger partial charge >= 0.3 is 5.97 Å². The number of carbonyl (C=O) groups excluding carboxylic acids is 1. The Morgan fingerprint density at radius 2 is 1.86 bits per heavy atom. The highest BCUT2D eigenvalue weighted by Crippen LogP contribution is 2.42. The van der Waals surface area contributed by atoms with Gasteiger partial charge in [0.25, 0.3) is 5.91 Å². The molecule has 2 aliphatic rings. The molecule has 44 heavy (non-hydrogen) atoms. The van der Waals surface area contributed by atoms with E-state index in [9.17, 15) is 24.5 Å². The van der Waals surface area contributed by atoms with E-state index >= 15 is 0 Å². The fraction of sp³-hybridized carbons (Fsp3) is 0.355. The summed E-state index contributed by atoms with van der Waals surface area (Å²) >= 11 is 0.780. The molecule has 0 saturated carbocycles. The number of pyridine rings is 3. The van der Waals surface area contributed by atoms with Gasteiger partial charge in [0.05, 0.1) is 58.4 Å². The summed E-state index contributed by atoms with van der Waals surface area (Å²) in [5, 5.41) is 33.2. The minimum atomic E-state index is -3.28. The topological polar surface area (TPSA) is 150 Å². The second-order valence-electron chi connectivity index (χ2n) is 10.9. The second kappa shape index (κ2) is 12.3. The van der Waals surface area contributed by atoms with Crippen LogP contribution in [0.4, 0.5) is 10.2 Å². The maximum absolute atomic E-state index is 14.2. The molecular weight excluding hydrogens is 589 g/mol. The molecule has 2 aliphatic heterocycles. The highest BCUT2D eigenvalue weighted by atomic mass is 32.2. The molecule has 0 radical (unpaired) electrons. The highest BCUT2D eigenvalue weighted by Gasteiger charge is 2.33. The van der Waals surface area contributed by atoms with Crippen molar-refractivity contribution in [1.29, 1.82) is 0 Å². The number of ether oxygens (including phenoxy) is 2. The van der Waals surface area contributed by atoms with Crippen LogP contribution in [-0.4, -0.2) is 73.6 Å². The molecule has 4 N–H and O–H groups in total. The number of thioether (sulfide) groups is 1. The standard InChI is InChI=1S/C31H32FN5O6S/c1-17-15-37(16-18(2)43-17)28-5-3-4-23(36-28)24-7-6-19-13-33-21(12-25(19)35-24)14-34-30(38)20-10-22(31(39,40)41)29-26(11-20)44-27(32)8-9-42-29/h3-7,10-13,17-18,27,39-41H,8-9,14-16H2,1-2H3,(H,34,38). The van der Waals surface area contributed by atoms with E-state index in [4.69, 9.17) is 19.4 Å². The zero-order chi connectivity index (χ0) is 31.0. The number of alkyl halides is 1. The zero-order valence-electron chi connectivity index (χ0n) is 24.1. The Hall–Kier alpha value is -3.88. The summed E-state index contributed by atoms with van der Waals surface area (Å²) in [5.74, 6) is -3.09. The SMILES string of the molecule is CC1CN(c2cccc(-c3ccc4cnc(CNC(=O)c5cc6c(c(C(O)(O)O)c5)OCCC(F)S6)cc4n3)n2)CC(C)O1. The van der Waals surface area contributed by atoms with Gasteiger partial charge in [-0.25, -0.2) is 14.4 Å². The summed E-state index contributed by atoms with van der Waals surface area (Å²) in [4.78, 5) is 29.6. The number of morpholine rings is 1. The molecule has 0 bridgehead atoms. The van der Waals surface area contributed by atoms with Crippen LogP contribution in [0.25, 0.3) is 22.3 Å². The first kappa shape index (κ1) is 30.2. The Morgan fingerprint density at radius 3 is 2.64 bits per heavy atom. The van der Waals surface area contributed by atoms with Crippen molar-refractivity contribution in [2.75, 3.05) is 24.6 Å². The van der Waals surface area contributed by atoms with E-state index in [1.54, 1.807) is 12.3 Å². The Balaban J connectivity index is 1.21. The first-order valence-corrected chi connectivity index (χ1v) is 15.1. The molecule has 4 aromatic rings. The molecule has 13 heteroatoms. The van der Waals surface area contributed by atoms with Gasteiger partial charge in [-0.15, -0.1) is 0 Å². The third-order valence-electron chi connectivity index (χ3n) is 7.33. The molecular formula is C31H32FN5O6S. The molecule has 0 aliphatic carbocycles. The second-order valence-corrected chi connectivity index (χ2v) is 12.1. The molecule has 1 fully saturated rings. The van der Waals surface area contributed by atoms with Crippen LogP contribution in [0.2, 0.25) is 0 Å². The molecule has 1 amide bonds. The first-order valence-electron chi connectivity index (χ1n) is 14.2. The Bertz CT molecular complexity index is 1690. The summed E-state index contributed by atoms with van der Waals surface area (Å²) in [7, 11) is 0. The van der Waals surface area contributed by atoms with Crippen LogP contribution >= 0.6 is 11.8 Å². The number of fused-ring (bicyclic) bond motifs is 2. The van der Waals surface area contributed by atoms with Gasteiger partial charge < -0.3 is 35.0 Å². The predicted molar refractivity (Wildman–Crippen MR) is 162 cm³/mol. The summed E-state index contributed by atoms with van der Waals surface area (Å²) in [6.07, 6.45) is 1.95. The molecule has 0 spiro atoms. The number of aliphatic hydroxyl groups is 3. The quantitative estimate of drug-likeness (QED) is 0.234. The lowest BCUT2D eigenvalue weighted by molar-refractivity contribution is -0.324. The van der Waals surface area contributed by atoms with Gasteiger partial charge in [-0.05, 0) is 56.3 Å². The molecule has 230 valence electrons. The number of hydrogen-bond donors (Lipinski definition) is 4. The van der Waals surface area contributed by atoms with Crippen molar-refractivity contribution in [3.8, 4) is 17.1 Å². The van der Waals surface area contributed by atoms with E-state index in [1.165, 1.54) is 6.07 Å². The largest absolute Gasteiger partial charge is 0.492 e. The third kappa shape index (κ3) is 6.61. The number of anilines is 1. The Kier molecular flexibility index (Phi) is 8.40. The average molecular weight is 622 g/mol. The van der Waals surface area contributed by atoms with Gasteiger partial charge in [-0.1, -0.05) is 17.8 Å². The van der Waals surface area contributed by atoms with Crippen LogP contribution in [0.3, 0.4) is 0 Å². The van der Waals surface area contributed by atoms with Crippen molar-refractivity contribution in [3.63, 3.8) is 0 Å². The summed E-state index contributed by atoms with van der Waals surface area (Å²) in [6, 6.07) is 13.9. The van der Waals surface area contributed by atoms with E-state index in [-0.39, 0.29) is 48.0 Å². The number of amides is 1. The normalized spacial score (nSPS) is 20.5. The average Bonchev–Trinajstić information content (AvgIpc) is 3.18. The number of rotatable bonds is 6. The van der Waals surface area contributed by atoms with Gasteiger partial charge in [-0.3, -0.25) is 9.78 Å². The number of benzene rings is 1. The number of aromatic nitrogens is 3. The van der Waals surface area contributed by atoms with E-state index < -0.39 is 22.9 Å². The van der Waals surface area contributed by atoms with E-state index in [2.05, 4.69) is 29.0 Å². The van der Waals surface area contributed by atoms with Crippen LogP contribution in [0, 0.1) is 0 Å². The molecule has 3 atom stereocenters. The molecule has 11 nitrogen and oxygen atoms in total. The van der Waals surface area contributed by atoms with E-state index in [0.29, 0.717) is 16.9 Å². The minimum absolute atomic E-state index is 0.0123. The lowest BCUT2D eigenvalue weighted by Gasteiger charge is -2.36. The van der Waals surface area contributed by atoms with Crippen LogP contribution in [0.1, 0.15) is 41.9 Å². The zero-order valence-corrected chi connectivity index (χ0v) is 24.9. The molecule has 3 aromatic heterocycles. The maximum Gasteiger partial charge on any atom is 0.308 e. The molecule has 3 unspecified atom stereocenters. The van der Waals surface area contributed by atoms with Crippen LogP contribution in [-0.2, 0) is 17.3 Å². The summed E-state index contributed by atoms with van der Waals surface area (Å²) in [5.41, 5.74) is 0.843. The van der Waals surface area contributed by atoms with Crippen molar-refractivity contribution in [2.45, 2.75) is 55.4 Å². The van der Waals surface area contributed by atoms with Gasteiger partial charge in [0.1, 0.15) is 11.6 Å².